The highest BCUT2D eigenvalue weighted by Gasteiger charge is 2.33. The van der Waals surface area contributed by atoms with Crippen molar-refractivity contribution in [1.82, 2.24) is 4.90 Å². The van der Waals surface area contributed by atoms with Crippen LogP contribution in [0, 0.1) is 23.7 Å². The van der Waals surface area contributed by atoms with Crippen LogP contribution in [0.1, 0.15) is 59.8 Å². The van der Waals surface area contributed by atoms with Gasteiger partial charge in [-0.3, -0.25) is 0 Å². The Kier molecular flexibility index (Phi) is 4.52. The van der Waals surface area contributed by atoms with Crippen LogP contribution in [-0.2, 0) is 0 Å². The zero-order chi connectivity index (χ0) is 12.4. The Morgan fingerprint density at radius 2 is 1.47 bits per heavy atom. The molecular weight excluding hydrogens is 206 g/mol. The van der Waals surface area contributed by atoms with Gasteiger partial charge < -0.3 is 4.90 Å². The fourth-order valence-electron chi connectivity index (χ4n) is 3.95. The van der Waals surface area contributed by atoms with Gasteiger partial charge in [0, 0.05) is 12.6 Å². The number of hydrogen-bond acceptors (Lipinski definition) is 1. The molecule has 1 heteroatoms. The molecule has 2 rings (SSSR count). The average molecular weight is 237 g/mol. The van der Waals surface area contributed by atoms with Crippen LogP contribution in [0.4, 0.5) is 0 Å². The summed E-state index contributed by atoms with van der Waals surface area (Å²) < 4.78 is 0. The molecule has 2 fully saturated rings. The Balaban J connectivity index is 1.78. The van der Waals surface area contributed by atoms with Crippen molar-refractivity contribution in [2.75, 3.05) is 13.1 Å². The highest BCUT2D eigenvalue weighted by Crippen LogP contribution is 2.39. The third kappa shape index (κ3) is 3.24. The quantitative estimate of drug-likeness (QED) is 0.712. The molecule has 2 aliphatic rings. The van der Waals surface area contributed by atoms with Crippen molar-refractivity contribution in [3.8, 4) is 0 Å². The van der Waals surface area contributed by atoms with Crippen LogP contribution in [0.5, 0.6) is 0 Å². The fraction of sp³-hybridized carbons (Fsp3) is 1.00. The summed E-state index contributed by atoms with van der Waals surface area (Å²) in [5, 5.41) is 0. The van der Waals surface area contributed by atoms with Crippen molar-refractivity contribution in [1.29, 1.82) is 0 Å². The van der Waals surface area contributed by atoms with Gasteiger partial charge in [0.15, 0.2) is 0 Å². The monoisotopic (exact) mass is 237 g/mol. The van der Waals surface area contributed by atoms with Crippen LogP contribution >= 0.6 is 0 Å². The standard InChI is InChI=1S/C16H31N/c1-12(2)14-5-7-15(8-6-14)16-9-10-17(11-16)13(3)4/h12-16H,5-11H2,1-4H3. The van der Waals surface area contributed by atoms with Crippen molar-refractivity contribution in [3.05, 3.63) is 0 Å². The normalized spacial score (nSPS) is 36.0. The van der Waals surface area contributed by atoms with Crippen molar-refractivity contribution in [3.63, 3.8) is 0 Å². The Morgan fingerprint density at radius 1 is 0.824 bits per heavy atom. The first kappa shape index (κ1) is 13.4. The minimum absolute atomic E-state index is 0.756. The molecule has 1 aliphatic carbocycles. The minimum atomic E-state index is 0.756. The number of hydrogen-bond donors (Lipinski definition) is 0. The largest absolute Gasteiger partial charge is 0.301 e. The van der Waals surface area contributed by atoms with E-state index in [0.717, 1.165) is 29.7 Å². The summed E-state index contributed by atoms with van der Waals surface area (Å²) in [7, 11) is 0. The topological polar surface area (TPSA) is 3.24 Å². The molecule has 0 spiro atoms. The van der Waals surface area contributed by atoms with Crippen molar-refractivity contribution in [2.45, 2.75) is 65.8 Å². The van der Waals surface area contributed by atoms with Gasteiger partial charge in [-0.1, -0.05) is 13.8 Å². The van der Waals surface area contributed by atoms with Crippen molar-refractivity contribution < 1.29 is 0 Å². The average Bonchev–Trinajstić information content (AvgIpc) is 2.78. The van der Waals surface area contributed by atoms with E-state index in [2.05, 4.69) is 32.6 Å². The van der Waals surface area contributed by atoms with Gasteiger partial charge in [-0.2, -0.15) is 0 Å². The Bertz CT molecular complexity index is 226. The van der Waals surface area contributed by atoms with Gasteiger partial charge in [0.1, 0.15) is 0 Å². The first-order chi connectivity index (χ1) is 8.08. The van der Waals surface area contributed by atoms with Gasteiger partial charge in [0.25, 0.3) is 0 Å². The molecule has 0 bridgehead atoms. The molecule has 17 heavy (non-hydrogen) atoms. The predicted molar refractivity (Wildman–Crippen MR) is 75.1 cm³/mol. The molecule has 1 aliphatic heterocycles. The molecule has 0 aromatic carbocycles. The molecule has 1 unspecified atom stereocenters. The lowest BCUT2D eigenvalue weighted by atomic mass is 9.72. The third-order valence-corrected chi connectivity index (χ3v) is 5.41. The van der Waals surface area contributed by atoms with E-state index in [1.165, 1.54) is 45.2 Å². The predicted octanol–water partition coefficient (Wildman–Crippen LogP) is 4.18. The molecule has 0 radical (unpaired) electrons. The minimum Gasteiger partial charge on any atom is -0.301 e. The first-order valence-corrected chi connectivity index (χ1v) is 7.82. The molecule has 0 aromatic heterocycles. The van der Waals surface area contributed by atoms with Gasteiger partial charge in [-0.25, -0.2) is 0 Å². The van der Waals surface area contributed by atoms with Crippen molar-refractivity contribution >= 4 is 0 Å². The van der Waals surface area contributed by atoms with E-state index in [-0.39, 0.29) is 0 Å². The SMILES string of the molecule is CC(C)C1CCC(C2CCN(C(C)C)C2)CC1. The molecule has 1 nitrogen and oxygen atoms in total. The maximum atomic E-state index is 2.68. The molecule has 100 valence electrons. The molecular formula is C16H31N. The zero-order valence-corrected chi connectivity index (χ0v) is 12.3. The van der Waals surface area contributed by atoms with Crippen LogP contribution in [-0.4, -0.2) is 24.0 Å². The van der Waals surface area contributed by atoms with Crippen LogP contribution in [0.25, 0.3) is 0 Å². The van der Waals surface area contributed by atoms with Gasteiger partial charge >= 0.3 is 0 Å². The highest BCUT2D eigenvalue weighted by atomic mass is 15.2. The smallest absolute Gasteiger partial charge is 0.00387 e. The van der Waals surface area contributed by atoms with Crippen LogP contribution < -0.4 is 0 Å². The molecule has 1 saturated carbocycles. The summed E-state index contributed by atoms with van der Waals surface area (Å²) in [6.45, 7) is 12.2. The maximum absolute atomic E-state index is 2.68. The Morgan fingerprint density at radius 3 is 1.94 bits per heavy atom. The van der Waals surface area contributed by atoms with E-state index < -0.39 is 0 Å². The maximum Gasteiger partial charge on any atom is 0.00387 e. The van der Waals surface area contributed by atoms with Crippen molar-refractivity contribution in [2.24, 2.45) is 23.7 Å². The fourth-order valence-corrected chi connectivity index (χ4v) is 3.95. The van der Waals surface area contributed by atoms with E-state index in [1.54, 1.807) is 0 Å². The molecule has 0 amide bonds. The highest BCUT2D eigenvalue weighted by molar-refractivity contribution is 4.85. The zero-order valence-electron chi connectivity index (χ0n) is 12.3. The van der Waals surface area contributed by atoms with E-state index >= 15 is 0 Å². The lowest BCUT2D eigenvalue weighted by molar-refractivity contribution is 0.168. The van der Waals surface area contributed by atoms with E-state index in [0.29, 0.717) is 0 Å². The second kappa shape index (κ2) is 5.73. The summed E-state index contributed by atoms with van der Waals surface area (Å²) in [6.07, 6.45) is 7.50. The van der Waals surface area contributed by atoms with Gasteiger partial charge in [0.2, 0.25) is 0 Å². The third-order valence-electron chi connectivity index (χ3n) is 5.41. The second-order valence-electron chi connectivity index (χ2n) is 7.06. The summed E-state index contributed by atoms with van der Waals surface area (Å²) in [6, 6.07) is 0.756. The molecule has 1 heterocycles. The number of rotatable bonds is 3. The van der Waals surface area contributed by atoms with Gasteiger partial charge in [0.05, 0.1) is 0 Å². The van der Waals surface area contributed by atoms with Gasteiger partial charge in [-0.15, -0.1) is 0 Å². The number of nitrogens with zero attached hydrogens (tertiary/aromatic N) is 1. The van der Waals surface area contributed by atoms with E-state index in [4.69, 9.17) is 0 Å². The number of likely N-dealkylation sites (tertiary alicyclic amines) is 1. The summed E-state index contributed by atoms with van der Waals surface area (Å²) in [4.78, 5) is 2.68. The molecule has 0 aromatic rings. The Hall–Kier alpha value is -0.0400. The van der Waals surface area contributed by atoms with Crippen LogP contribution in [0.2, 0.25) is 0 Å². The van der Waals surface area contributed by atoms with E-state index in [9.17, 15) is 0 Å². The first-order valence-electron chi connectivity index (χ1n) is 7.82. The summed E-state index contributed by atoms with van der Waals surface area (Å²) in [5.74, 6) is 4.00. The van der Waals surface area contributed by atoms with Gasteiger partial charge in [-0.05, 0) is 76.2 Å². The molecule has 1 saturated heterocycles. The molecule has 1 atom stereocenters. The second-order valence-corrected chi connectivity index (χ2v) is 7.06. The lowest BCUT2D eigenvalue weighted by Crippen LogP contribution is -2.30. The van der Waals surface area contributed by atoms with Crippen LogP contribution in [0.3, 0.4) is 0 Å². The molecule has 0 N–H and O–H groups in total. The van der Waals surface area contributed by atoms with Crippen LogP contribution in [0.15, 0.2) is 0 Å². The summed E-state index contributed by atoms with van der Waals surface area (Å²) >= 11 is 0. The lowest BCUT2D eigenvalue weighted by Gasteiger charge is -2.34. The van der Waals surface area contributed by atoms with E-state index in [1.807, 2.05) is 0 Å². The summed E-state index contributed by atoms with van der Waals surface area (Å²) in [5.41, 5.74) is 0. The Labute approximate surface area is 108 Å².